The molecule has 124 valence electrons. The molecule has 5 nitrogen and oxygen atoms in total. The van der Waals surface area contributed by atoms with Gasteiger partial charge in [-0.15, -0.1) is 10.2 Å². The highest BCUT2D eigenvalue weighted by molar-refractivity contribution is 8.00. The number of fused-ring (bicyclic) bond motifs is 3. The second-order valence-electron chi connectivity index (χ2n) is 6.31. The van der Waals surface area contributed by atoms with Crippen LogP contribution in [0.15, 0.2) is 35.5 Å². The summed E-state index contributed by atoms with van der Waals surface area (Å²) in [6.45, 7) is 5.81. The molecule has 6 heteroatoms. The molecule has 1 aromatic carbocycles. The molecule has 24 heavy (non-hydrogen) atoms. The fraction of sp³-hybridized carbons (Fsp3) is 0.389. The van der Waals surface area contributed by atoms with Gasteiger partial charge < -0.3 is 4.90 Å². The number of para-hydroxylation sites is 1. The Morgan fingerprint density at radius 3 is 2.75 bits per heavy atom. The summed E-state index contributed by atoms with van der Waals surface area (Å²) < 4.78 is 2.06. The minimum atomic E-state index is -0.157. The quantitative estimate of drug-likeness (QED) is 0.687. The highest BCUT2D eigenvalue weighted by atomic mass is 32.2. The maximum absolute atomic E-state index is 12.6. The van der Waals surface area contributed by atoms with Gasteiger partial charge in [-0.2, -0.15) is 0 Å². The lowest BCUT2D eigenvalue weighted by Gasteiger charge is -2.19. The Labute approximate surface area is 145 Å². The first-order chi connectivity index (χ1) is 11.6. The average Bonchev–Trinajstić information content (AvgIpc) is 3.25. The average molecular weight is 340 g/mol. The van der Waals surface area contributed by atoms with Crippen LogP contribution < -0.4 is 0 Å². The molecule has 0 N–H and O–H groups in total. The van der Waals surface area contributed by atoms with E-state index in [2.05, 4.69) is 33.7 Å². The first-order valence-electron chi connectivity index (χ1n) is 8.34. The number of likely N-dealkylation sites (tertiary alicyclic amines) is 1. The molecule has 2 aromatic heterocycles. The Kier molecular flexibility index (Phi) is 3.92. The van der Waals surface area contributed by atoms with Crippen LogP contribution in [0.1, 0.15) is 25.3 Å². The molecule has 1 fully saturated rings. The van der Waals surface area contributed by atoms with Gasteiger partial charge in [0.1, 0.15) is 0 Å². The summed E-state index contributed by atoms with van der Waals surface area (Å²) in [7, 11) is 0. The van der Waals surface area contributed by atoms with Gasteiger partial charge in [0.05, 0.1) is 10.8 Å². The van der Waals surface area contributed by atoms with E-state index >= 15 is 0 Å². The molecule has 1 aliphatic heterocycles. The van der Waals surface area contributed by atoms with Crippen LogP contribution in [0.5, 0.6) is 0 Å². The molecule has 3 aromatic rings. The van der Waals surface area contributed by atoms with Crippen molar-refractivity contribution in [1.82, 2.24) is 19.5 Å². The number of benzene rings is 1. The zero-order valence-electron chi connectivity index (χ0n) is 13.9. The van der Waals surface area contributed by atoms with Crippen molar-refractivity contribution in [2.45, 2.75) is 37.1 Å². The summed E-state index contributed by atoms with van der Waals surface area (Å²) in [6, 6.07) is 10.3. The molecule has 1 atom stereocenters. The predicted octanol–water partition coefficient (Wildman–Crippen LogP) is 3.29. The zero-order valence-corrected chi connectivity index (χ0v) is 14.7. The Bertz CT molecular complexity index is 914. The summed E-state index contributed by atoms with van der Waals surface area (Å²) >= 11 is 1.49. The molecular formula is C18H20N4OS. The van der Waals surface area contributed by atoms with Gasteiger partial charge in [-0.3, -0.25) is 9.20 Å². The molecule has 3 heterocycles. The van der Waals surface area contributed by atoms with Crippen LogP contribution in [0.2, 0.25) is 0 Å². The predicted molar refractivity (Wildman–Crippen MR) is 96.4 cm³/mol. The van der Waals surface area contributed by atoms with Crippen molar-refractivity contribution in [2.24, 2.45) is 0 Å². The first-order valence-corrected chi connectivity index (χ1v) is 9.22. The summed E-state index contributed by atoms with van der Waals surface area (Å²) in [5.74, 6) is 0.200. The fourth-order valence-electron chi connectivity index (χ4n) is 3.35. The van der Waals surface area contributed by atoms with E-state index in [1.54, 1.807) is 0 Å². The molecule has 1 saturated heterocycles. The highest BCUT2D eigenvalue weighted by Gasteiger charge is 2.25. The van der Waals surface area contributed by atoms with Crippen LogP contribution in [0.25, 0.3) is 16.6 Å². The van der Waals surface area contributed by atoms with E-state index in [9.17, 15) is 4.79 Å². The lowest BCUT2D eigenvalue weighted by molar-refractivity contribution is -0.129. The number of hydrogen-bond donors (Lipinski definition) is 0. The van der Waals surface area contributed by atoms with Crippen molar-refractivity contribution < 1.29 is 4.79 Å². The number of amides is 1. The van der Waals surface area contributed by atoms with Crippen LogP contribution in [-0.2, 0) is 4.79 Å². The maximum Gasteiger partial charge on any atom is 0.235 e. The van der Waals surface area contributed by atoms with E-state index < -0.39 is 0 Å². The summed E-state index contributed by atoms with van der Waals surface area (Å²) in [4.78, 5) is 14.5. The third-order valence-corrected chi connectivity index (χ3v) is 5.65. The van der Waals surface area contributed by atoms with E-state index in [1.807, 2.05) is 30.0 Å². The molecule has 1 aliphatic rings. The smallest absolute Gasteiger partial charge is 0.235 e. The SMILES string of the molecule is Cc1cc2nnc(S[C@H](C)C(=O)N3CCCC3)n2c2ccccc12. The van der Waals surface area contributed by atoms with E-state index in [0.717, 1.165) is 42.3 Å². The normalized spacial score (nSPS) is 16.2. The summed E-state index contributed by atoms with van der Waals surface area (Å²) in [5.41, 5.74) is 3.10. The van der Waals surface area contributed by atoms with Gasteiger partial charge in [-0.1, -0.05) is 30.0 Å². The number of nitrogens with zero attached hydrogens (tertiary/aromatic N) is 4. The van der Waals surface area contributed by atoms with Crippen molar-refractivity contribution in [3.05, 3.63) is 35.9 Å². The second kappa shape index (κ2) is 6.09. The van der Waals surface area contributed by atoms with Crippen molar-refractivity contribution in [3.63, 3.8) is 0 Å². The third-order valence-electron chi connectivity index (χ3n) is 4.62. The van der Waals surface area contributed by atoms with Gasteiger partial charge in [0.2, 0.25) is 5.91 Å². The van der Waals surface area contributed by atoms with E-state index in [0.29, 0.717) is 0 Å². The third kappa shape index (κ3) is 2.55. The molecular weight excluding hydrogens is 320 g/mol. The van der Waals surface area contributed by atoms with Crippen LogP contribution in [-0.4, -0.2) is 43.7 Å². The van der Waals surface area contributed by atoms with Gasteiger partial charge in [0.25, 0.3) is 0 Å². The van der Waals surface area contributed by atoms with Gasteiger partial charge >= 0.3 is 0 Å². The van der Waals surface area contributed by atoms with Crippen LogP contribution in [0.4, 0.5) is 0 Å². The molecule has 0 aliphatic carbocycles. The van der Waals surface area contributed by atoms with Crippen LogP contribution >= 0.6 is 11.8 Å². The van der Waals surface area contributed by atoms with Gasteiger partial charge in [0.15, 0.2) is 10.8 Å². The minimum Gasteiger partial charge on any atom is -0.342 e. The van der Waals surface area contributed by atoms with Gasteiger partial charge in [-0.05, 0) is 44.4 Å². The minimum absolute atomic E-state index is 0.157. The largest absolute Gasteiger partial charge is 0.342 e. The number of carbonyl (C=O) groups is 1. The van der Waals surface area contributed by atoms with Gasteiger partial charge in [0, 0.05) is 18.5 Å². The van der Waals surface area contributed by atoms with Crippen molar-refractivity contribution in [2.75, 3.05) is 13.1 Å². The van der Waals surface area contributed by atoms with E-state index in [1.165, 1.54) is 22.7 Å². The second-order valence-corrected chi connectivity index (χ2v) is 7.62. The highest BCUT2D eigenvalue weighted by Crippen LogP contribution is 2.29. The first kappa shape index (κ1) is 15.4. The fourth-order valence-corrected chi connectivity index (χ4v) is 4.31. The van der Waals surface area contributed by atoms with E-state index in [4.69, 9.17) is 0 Å². The molecule has 4 rings (SSSR count). The number of hydrogen-bond acceptors (Lipinski definition) is 4. The number of aryl methyl sites for hydroxylation is 1. The lowest BCUT2D eigenvalue weighted by Crippen LogP contribution is -2.34. The van der Waals surface area contributed by atoms with Gasteiger partial charge in [-0.25, -0.2) is 0 Å². The van der Waals surface area contributed by atoms with Crippen molar-refractivity contribution >= 4 is 34.2 Å². The number of carbonyl (C=O) groups excluding carboxylic acids is 1. The monoisotopic (exact) mass is 340 g/mol. The Balaban J connectivity index is 1.72. The van der Waals surface area contributed by atoms with Crippen molar-refractivity contribution in [1.29, 1.82) is 0 Å². The molecule has 0 saturated carbocycles. The van der Waals surface area contributed by atoms with Crippen LogP contribution in [0.3, 0.4) is 0 Å². The van der Waals surface area contributed by atoms with Crippen LogP contribution in [0, 0.1) is 6.92 Å². The number of pyridine rings is 1. The number of thioether (sulfide) groups is 1. The lowest BCUT2D eigenvalue weighted by atomic mass is 10.1. The Hall–Kier alpha value is -2.08. The zero-order chi connectivity index (χ0) is 16.7. The maximum atomic E-state index is 12.6. The topological polar surface area (TPSA) is 50.5 Å². The molecule has 0 unspecified atom stereocenters. The Morgan fingerprint density at radius 2 is 1.96 bits per heavy atom. The Morgan fingerprint density at radius 1 is 1.21 bits per heavy atom. The molecule has 0 radical (unpaired) electrons. The van der Waals surface area contributed by atoms with Crippen molar-refractivity contribution in [3.8, 4) is 0 Å². The summed E-state index contributed by atoms with van der Waals surface area (Å²) in [5, 5.41) is 10.5. The summed E-state index contributed by atoms with van der Waals surface area (Å²) in [6.07, 6.45) is 2.22. The molecule has 1 amide bonds. The molecule has 0 bridgehead atoms. The number of aromatic nitrogens is 3. The standard InChI is InChI=1S/C18H20N4OS/c1-12-11-16-19-20-18(22(16)15-8-4-3-7-14(12)15)24-13(2)17(23)21-9-5-6-10-21/h3-4,7-8,11,13H,5-6,9-10H2,1-2H3/t13-/m1/s1. The number of rotatable bonds is 3. The van der Waals surface area contributed by atoms with E-state index in [-0.39, 0.29) is 11.2 Å². The molecule has 0 spiro atoms.